The van der Waals surface area contributed by atoms with E-state index in [0.717, 1.165) is 38.0 Å². The molecule has 0 radical (unpaired) electrons. The Bertz CT molecular complexity index is 717. The first-order valence-electron chi connectivity index (χ1n) is 8.77. The molecule has 0 unspecified atom stereocenters. The highest BCUT2D eigenvalue weighted by Gasteiger charge is 2.44. The van der Waals surface area contributed by atoms with Gasteiger partial charge in [-0.15, -0.1) is 0 Å². The molecule has 0 aliphatic carbocycles. The largest absolute Gasteiger partial charge is 0.373 e. The number of aromatic nitrogens is 2. The molecule has 2 aromatic rings. The van der Waals surface area contributed by atoms with E-state index in [1.54, 1.807) is 12.4 Å². The Morgan fingerprint density at radius 3 is 2.72 bits per heavy atom. The maximum absolute atomic E-state index is 13.2. The Kier molecular flexibility index (Phi) is 4.46. The maximum atomic E-state index is 13.2. The van der Waals surface area contributed by atoms with Gasteiger partial charge in [0.15, 0.2) is 0 Å². The Morgan fingerprint density at radius 1 is 1.20 bits per heavy atom. The summed E-state index contributed by atoms with van der Waals surface area (Å²) < 4.78 is 6.21. The van der Waals surface area contributed by atoms with Gasteiger partial charge in [0, 0.05) is 18.1 Å². The van der Waals surface area contributed by atoms with Crippen molar-refractivity contribution < 1.29 is 9.53 Å². The van der Waals surface area contributed by atoms with Crippen molar-refractivity contribution in [1.82, 2.24) is 15.3 Å². The standard InChI is InChI=1S/C19H22N4O2/c24-18(17-13-21-10-11-22-17)23(15-4-2-1-3-5-15)16-12-19(25-14-16)6-8-20-9-7-19/h1-5,10-11,13,16,20H,6-9,12,14H2/t16-/m0/s1. The van der Waals surface area contributed by atoms with E-state index in [2.05, 4.69) is 15.3 Å². The summed E-state index contributed by atoms with van der Waals surface area (Å²) in [5.74, 6) is -0.126. The molecule has 6 nitrogen and oxygen atoms in total. The van der Waals surface area contributed by atoms with Crippen LogP contribution in [-0.4, -0.2) is 47.2 Å². The molecule has 1 atom stereocenters. The molecule has 2 aliphatic rings. The molecule has 130 valence electrons. The van der Waals surface area contributed by atoms with Crippen LogP contribution in [0.2, 0.25) is 0 Å². The monoisotopic (exact) mass is 338 g/mol. The number of nitrogens with one attached hydrogen (secondary N) is 1. The number of benzene rings is 1. The second-order valence-corrected chi connectivity index (χ2v) is 6.70. The van der Waals surface area contributed by atoms with Crippen molar-refractivity contribution in [2.24, 2.45) is 0 Å². The van der Waals surface area contributed by atoms with Crippen LogP contribution < -0.4 is 10.2 Å². The fraction of sp³-hybridized carbons (Fsp3) is 0.421. The predicted octanol–water partition coefficient (Wildman–Crippen LogP) is 2.03. The van der Waals surface area contributed by atoms with Crippen LogP contribution in [0.25, 0.3) is 0 Å². The van der Waals surface area contributed by atoms with E-state index in [9.17, 15) is 4.79 Å². The molecule has 4 rings (SSSR count). The summed E-state index contributed by atoms with van der Waals surface area (Å²) in [6, 6.07) is 9.78. The number of rotatable bonds is 3. The second-order valence-electron chi connectivity index (χ2n) is 6.70. The van der Waals surface area contributed by atoms with Gasteiger partial charge in [-0.2, -0.15) is 0 Å². The number of carbonyl (C=O) groups is 1. The quantitative estimate of drug-likeness (QED) is 0.927. The number of amides is 1. The number of anilines is 1. The summed E-state index contributed by atoms with van der Waals surface area (Å²) in [7, 11) is 0. The lowest BCUT2D eigenvalue weighted by atomic mass is 9.88. The van der Waals surface area contributed by atoms with Crippen molar-refractivity contribution in [3.63, 3.8) is 0 Å². The predicted molar refractivity (Wildman–Crippen MR) is 94.5 cm³/mol. The molecule has 1 aromatic carbocycles. The first kappa shape index (κ1) is 16.2. The first-order chi connectivity index (χ1) is 12.3. The Morgan fingerprint density at radius 2 is 2.00 bits per heavy atom. The zero-order valence-corrected chi connectivity index (χ0v) is 14.1. The lowest BCUT2D eigenvalue weighted by Gasteiger charge is -2.34. The Balaban J connectivity index is 1.63. The smallest absolute Gasteiger partial charge is 0.278 e. The molecule has 0 bridgehead atoms. The summed E-state index contributed by atoms with van der Waals surface area (Å²) >= 11 is 0. The number of hydrogen-bond donors (Lipinski definition) is 1. The van der Waals surface area contributed by atoms with Gasteiger partial charge in [0.25, 0.3) is 5.91 Å². The fourth-order valence-corrected chi connectivity index (χ4v) is 3.83. The highest BCUT2D eigenvalue weighted by molar-refractivity contribution is 6.05. The summed E-state index contributed by atoms with van der Waals surface area (Å²) in [5, 5.41) is 3.38. The lowest BCUT2D eigenvalue weighted by molar-refractivity contribution is -0.0193. The van der Waals surface area contributed by atoms with E-state index in [1.165, 1.54) is 6.20 Å². The number of piperidine rings is 1. The van der Waals surface area contributed by atoms with Crippen LogP contribution in [0.1, 0.15) is 29.8 Å². The molecular weight excluding hydrogens is 316 g/mol. The second kappa shape index (κ2) is 6.90. The molecule has 1 N–H and O–H groups in total. The number of para-hydroxylation sites is 1. The van der Waals surface area contributed by atoms with Crippen LogP contribution in [0.3, 0.4) is 0 Å². The Hall–Kier alpha value is -2.31. The molecule has 1 aromatic heterocycles. The lowest BCUT2D eigenvalue weighted by Crippen LogP contribution is -2.44. The van der Waals surface area contributed by atoms with Crippen LogP contribution in [-0.2, 0) is 4.74 Å². The van der Waals surface area contributed by atoms with Gasteiger partial charge >= 0.3 is 0 Å². The summed E-state index contributed by atoms with van der Waals surface area (Å²) in [6.45, 7) is 2.49. The van der Waals surface area contributed by atoms with Crippen molar-refractivity contribution in [2.45, 2.75) is 30.9 Å². The molecule has 1 amide bonds. The van der Waals surface area contributed by atoms with Crippen LogP contribution in [0.5, 0.6) is 0 Å². The number of ether oxygens (including phenoxy) is 1. The van der Waals surface area contributed by atoms with E-state index in [4.69, 9.17) is 4.74 Å². The van der Waals surface area contributed by atoms with Gasteiger partial charge in [-0.1, -0.05) is 18.2 Å². The minimum Gasteiger partial charge on any atom is -0.373 e. The molecule has 6 heteroatoms. The fourth-order valence-electron chi connectivity index (χ4n) is 3.83. The van der Waals surface area contributed by atoms with Gasteiger partial charge in [-0.25, -0.2) is 4.98 Å². The van der Waals surface area contributed by atoms with Crippen molar-refractivity contribution in [3.8, 4) is 0 Å². The Labute approximate surface area is 147 Å². The molecular formula is C19H22N4O2. The van der Waals surface area contributed by atoms with Crippen molar-refractivity contribution in [3.05, 3.63) is 54.6 Å². The highest BCUT2D eigenvalue weighted by Crippen LogP contribution is 2.37. The molecule has 2 saturated heterocycles. The van der Waals surface area contributed by atoms with Gasteiger partial charge < -0.3 is 15.0 Å². The average Bonchev–Trinajstić information content (AvgIpc) is 3.07. The zero-order chi connectivity index (χ0) is 17.1. The van der Waals surface area contributed by atoms with E-state index in [0.29, 0.717) is 12.3 Å². The van der Waals surface area contributed by atoms with Gasteiger partial charge in [-0.05, 0) is 44.5 Å². The minimum absolute atomic E-state index is 0.00926. The molecule has 1 spiro atoms. The molecule has 2 aliphatic heterocycles. The van der Waals surface area contributed by atoms with Crippen LogP contribution in [0.4, 0.5) is 5.69 Å². The number of carbonyl (C=O) groups excluding carboxylic acids is 1. The molecule has 0 saturated carbocycles. The van der Waals surface area contributed by atoms with Crippen molar-refractivity contribution >= 4 is 11.6 Å². The number of nitrogens with zero attached hydrogens (tertiary/aromatic N) is 3. The third-order valence-electron chi connectivity index (χ3n) is 5.10. The highest BCUT2D eigenvalue weighted by atomic mass is 16.5. The third kappa shape index (κ3) is 3.27. The van der Waals surface area contributed by atoms with Crippen LogP contribution in [0, 0.1) is 0 Å². The number of hydrogen-bond acceptors (Lipinski definition) is 5. The SMILES string of the molecule is O=C(c1cnccn1)N(c1ccccc1)[C@@H]1COC2(CCNCC2)C1. The van der Waals surface area contributed by atoms with Crippen molar-refractivity contribution in [2.75, 3.05) is 24.6 Å². The normalized spacial score (nSPS) is 22.0. The molecule has 25 heavy (non-hydrogen) atoms. The average molecular weight is 338 g/mol. The third-order valence-corrected chi connectivity index (χ3v) is 5.10. The van der Waals surface area contributed by atoms with Crippen LogP contribution >= 0.6 is 0 Å². The van der Waals surface area contributed by atoms with Gasteiger partial charge in [0.1, 0.15) is 5.69 Å². The summed E-state index contributed by atoms with van der Waals surface area (Å²) in [4.78, 5) is 23.2. The first-order valence-corrected chi connectivity index (χ1v) is 8.77. The van der Waals surface area contributed by atoms with E-state index >= 15 is 0 Å². The van der Waals surface area contributed by atoms with Gasteiger partial charge in [0.2, 0.25) is 0 Å². The minimum atomic E-state index is -0.126. The van der Waals surface area contributed by atoms with Crippen molar-refractivity contribution in [1.29, 1.82) is 0 Å². The van der Waals surface area contributed by atoms with Crippen LogP contribution in [0.15, 0.2) is 48.9 Å². The zero-order valence-electron chi connectivity index (χ0n) is 14.1. The van der Waals surface area contributed by atoms with E-state index in [-0.39, 0.29) is 17.6 Å². The molecule has 3 heterocycles. The maximum Gasteiger partial charge on any atom is 0.278 e. The molecule has 2 fully saturated rings. The van der Waals surface area contributed by atoms with Gasteiger partial charge in [-0.3, -0.25) is 9.78 Å². The summed E-state index contributed by atoms with van der Waals surface area (Å²) in [5.41, 5.74) is 1.13. The summed E-state index contributed by atoms with van der Waals surface area (Å²) in [6.07, 6.45) is 7.49. The topological polar surface area (TPSA) is 67.4 Å². The van der Waals surface area contributed by atoms with E-state index in [1.807, 2.05) is 35.2 Å². The van der Waals surface area contributed by atoms with E-state index < -0.39 is 0 Å². The van der Waals surface area contributed by atoms with Gasteiger partial charge in [0.05, 0.1) is 24.4 Å².